The number of rotatable bonds is 4. The SMILES string of the molecule is CCNc1nc(N2CCNC(=O)C2CC)c2cn[nH]c2n1. The number of aromatic amines is 1. The van der Waals surface area contributed by atoms with E-state index in [1.807, 2.05) is 18.7 Å². The number of H-pyrrole nitrogens is 1. The zero-order chi connectivity index (χ0) is 14.8. The summed E-state index contributed by atoms with van der Waals surface area (Å²) in [6.07, 6.45) is 2.44. The van der Waals surface area contributed by atoms with E-state index in [2.05, 4.69) is 30.8 Å². The van der Waals surface area contributed by atoms with Gasteiger partial charge in [-0.1, -0.05) is 6.92 Å². The fourth-order valence-corrected chi connectivity index (χ4v) is 2.65. The molecule has 0 spiro atoms. The van der Waals surface area contributed by atoms with Crippen LogP contribution < -0.4 is 15.5 Å². The minimum atomic E-state index is -0.207. The lowest BCUT2D eigenvalue weighted by atomic mass is 10.1. The maximum atomic E-state index is 12.1. The molecule has 0 radical (unpaired) electrons. The van der Waals surface area contributed by atoms with Crippen LogP contribution in [0.25, 0.3) is 11.0 Å². The summed E-state index contributed by atoms with van der Waals surface area (Å²) >= 11 is 0. The van der Waals surface area contributed by atoms with E-state index in [4.69, 9.17) is 0 Å². The summed E-state index contributed by atoms with van der Waals surface area (Å²) in [5.74, 6) is 1.35. The maximum Gasteiger partial charge on any atom is 0.242 e. The van der Waals surface area contributed by atoms with Gasteiger partial charge in [-0.25, -0.2) is 0 Å². The Morgan fingerprint density at radius 2 is 2.29 bits per heavy atom. The van der Waals surface area contributed by atoms with Crippen molar-refractivity contribution in [1.29, 1.82) is 0 Å². The predicted molar refractivity (Wildman–Crippen MR) is 80.3 cm³/mol. The van der Waals surface area contributed by atoms with Crippen molar-refractivity contribution in [2.75, 3.05) is 29.9 Å². The minimum absolute atomic E-state index is 0.0454. The average Bonchev–Trinajstić information content (AvgIpc) is 2.95. The van der Waals surface area contributed by atoms with E-state index in [1.165, 1.54) is 0 Å². The Morgan fingerprint density at radius 3 is 3.05 bits per heavy atom. The molecule has 2 aromatic rings. The fourth-order valence-electron chi connectivity index (χ4n) is 2.65. The number of amides is 1. The Hall–Kier alpha value is -2.38. The molecule has 8 heteroatoms. The van der Waals surface area contributed by atoms with E-state index in [9.17, 15) is 4.79 Å². The lowest BCUT2D eigenvalue weighted by Gasteiger charge is -2.35. The molecule has 0 aliphatic carbocycles. The monoisotopic (exact) mass is 289 g/mol. The molecule has 2 aromatic heterocycles. The van der Waals surface area contributed by atoms with Crippen molar-refractivity contribution in [3.63, 3.8) is 0 Å². The number of anilines is 2. The number of aromatic nitrogens is 4. The van der Waals surface area contributed by atoms with Crippen LogP contribution in [0.5, 0.6) is 0 Å². The molecular weight excluding hydrogens is 270 g/mol. The number of carbonyl (C=O) groups excluding carboxylic acids is 1. The van der Waals surface area contributed by atoms with Gasteiger partial charge in [-0.3, -0.25) is 9.89 Å². The fraction of sp³-hybridized carbons (Fsp3) is 0.538. The van der Waals surface area contributed by atoms with Crippen molar-refractivity contribution in [1.82, 2.24) is 25.5 Å². The average molecular weight is 289 g/mol. The molecular formula is C13H19N7O. The lowest BCUT2D eigenvalue weighted by Crippen LogP contribution is -2.55. The van der Waals surface area contributed by atoms with Crippen molar-refractivity contribution in [2.45, 2.75) is 26.3 Å². The van der Waals surface area contributed by atoms with Gasteiger partial charge >= 0.3 is 0 Å². The Morgan fingerprint density at radius 1 is 1.43 bits per heavy atom. The third-order valence-corrected chi connectivity index (χ3v) is 3.61. The summed E-state index contributed by atoms with van der Waals surface area (Å²) in [6, 6.07) is -0.207. The van der Waals surface area contributed by atoms with Gasteiger partial charge in [0.2, 0.25) is 11.9 Å². The first-order valence-electron chi connectivity index (χ1n) is 7.24. The molecule has 0 bridgehead atoms. The number of piperazine rings is 1. The maximum absolute atomic E-state index is 12.1. The Kier molecular flexibility index (Phi) is 3.59. The standard InChI is InChI=1S/C13H19N7O/c1-3-9-12(21)15-5-6-20(9)11-8-7-16-19-10(8)17-13(18-11)14-4-2/h7,9H,3-6H2,1-2H3,(H,15,21)(H2,14,16,17,18,19). The van der Waals surface area contributed by atoms with Crippen molar-refractivity contribution < 1.29 is 4.79 Å². The van der Waals surface area contributed by atoms with E-state index in [0.717, 1.165) is 30.7 Å². The summed E-state index contributed by atoms with van der Waals surface area (Å²) in [5.41, 5.74) is 0.678. The summed E-state index contributed by atoms with van der Waals surface area (Å²) in [7, 11) is 0. The molecule has 0 saturated carbocycles. The van der Waals surface area contributed by atoms with Gasteiger partial charge in [-0.05, 0) is 13.3 Å². The van der Waals surface area contributed by atoms with Crippen LogP contribution in [0.3, 0.4) is 0 Å². The molecule has 8 nitrogen and oxygen atoms in total. The largest absolute Gasteiger partial charge is 0.354 e. The number of nitrogens with zero attached hydrogens (tertiary/aromatic N) is 4. The first-order valence-corrected chi connectivity index (χ1v) is 7.24. The van der Waals surface area contributed by atoms with E-state index in [0.29, 0.717) is 18.1 Å². The summed E-state index contributed by atoms with van der Waals surface area (Å²) < 4.78 is 0. The van der Waals surface area contributed by atoms with E-state index >= 15 is 0 Å². The normalized spacial score (nSPS) is 18.9. The summed E-state index contributed by atoms with van der Waals surface area (Å²) in [5, 5.41) is 13.8. The first kappa shape index (κ1) is 13.6. The van der Waals surface area contributed by atoms with Crippen LogP contribution in [0.15, 0.2) is 6.20 Å². The number of hydrogen-bond acceptors (Lipinski definition) is 6. The Labute approximate surface area is 122 Å². The Balaban J connectivity index is 2.08. The van der Waals surface area contributed by atoms with Crippen molar-refractivity contribution in [2.24, 2.45) is 0 Å². The van der Waals surface area contributed by atoms with E-state index < -0.39 is 0 Å². The van der Waals surface area contributed by atoms with Gasteiger partial charge in [0.05, 0.1) is 11.6 Å². The number of fused-ring (bicyclic) bond motifs is 1. The number of nitrogens with one attached hydrogen (secondary N) is 3. The van der Waals surface area contributed by atoms with Crippen LogP contribution in [0.4, 0.5) is 11.8 Å². The van der Waals surface area contributed by atoms with Gasteiger partial charge in [0.1, 0.15) is 11.9 Å². The van der Waals surface area contributed by atoms with Crippen LogP contribution in [-0.2, 0) is 4.79 Å². The topological polar surface area (TPSA) is 98.8 Å². The minimum Gasteiger partial charge on any atom is -0.354 e. The molecule has 1 aliphatic rings. The van der Waals surface area contributed by atoms with Gasteiger partial charge in [0, 0.05) is 19.6 Å². The molecule has 3 rings (SSSR count). The molecule has 1 atom stereocenters. The second kappa shape index (κ2) is 5.55. The molecule has 1 amide bonds. The number of hydrogen-bond donors (Lipinski definition) is 3. The molecule has 3 N–H and O–H groups in total. The van der Waals surface area contributed by atoms with Crippen molar-refractivity contribution in [3.05, 3.63) is 6.20 Å². The molecule has 21 heavy (non-hydrogen) atoms. The van der Waals surface area contributed by atoms with Crippen LogP contribution in [-0.4, -0.2) is 51.7 Å². The molecule has 1 aliphatic heterocycles. The smallest absolute Gasteiger partial charge is 0.242 e. The molecule has 1 saturated heterocycles. The lowest BCUT2D eigenvalue weighted by molar-refractivity contribution is -0.123. The first-order chi connectivity index (χ1) is 10.2. The zero-order valence-corrected chi connectivity index (χ0v) is 12.2. The molecule has 1 unspecified atom stereocenters. The summed E-state index contributed by atoms with van der Waals surface area (Å²) in [6.45, 7) is 6.07. The molecule has 0 aromatic carbocycles. The van der Waals surface area contributed by atoms with E-state index in [1.54, 1.807) is 6.20 Å². The van der Waals surface area contributed by atoms with Gasteiger partial charge in [-0.2, -0.15) is 15.1 Å². The molecule has 1 fully saturated rings. The molecule has 3 heterocycles. The van der Waals surface area contributed by atoms with Gasteiger partial charge in [0.15, 0.2) is 5.65 Å². The Bertz CT molecular complexity index is 653. The van der Waals surface area contributed by atoms with Crippen LogP contribution in [0, 0.1) is 0 Å². The molecule has 112 valence electrons. The van der Waals surface area contributed by atoms with Gasteiger partial charge in [0.25, 0.3) is 0 Å². The summed E-state index contributed by atoms with van der Waals surface area (Å²) in [4.78, 5) is 23.1. The van der Waals surface area contributed by atoms with E-state index in [-0.39, 0.29) is 11.9 Å². The van der Waals surface area contributed by atoms with Gasteiger partial charge < -0.3 is 15.5 Å². The quantitative estimate of drug-likeness (QED) is 0.758. The second-order valence-electron chi connectivity index (χ2n) is 4.94. The van der Waals surface area contributed by atoms with Crippen LogP contribution >= 0.6 is 0 Å². The highest BCUT2D eigenvalue weighted by molar-refractivity contribution is 5.92. The third kappa shape index (κ3) is 2.37. The van der Waals surface area contributed by atoms with Crippen LogP contribution in [0.1, 0.15) is 20.3 Å². The van der Waals surface area contributed by atoms with Gasteiger partial charge in [-0.15, -0.1) is 0 Å². The highest BCUT2D eigenvalue weighted by Gasteiger charge is 2.30. The number of carbonyl (C=O) groups is 1. The highest BCUT2D eigenvalue weighted by atomic mass is 16.2. The third-order valence-electron chi connectivity index (χ3n) is 3.61. The predicted octanol–water partition coefficient (Wildman–Crippen LogP) is 0.499. The second-order valence-corrected chi connectivity index (χ2v) is 4.94. The zero-order valence-electron chi connectivity index (χ0n) is 12.2. The van der Waals surface area contributed by atoms with Crippen LogP contribution in [0.2, 0.25) is 0 Å². The van der Waals surface area contributed by atoms with Crippen molar-refractivity contribution >= 4 is 28.7 Å². The van der Waals surface area contributed by atoms with Crippen molar-refractivity contribution in [3.8, 4) is 0 Å². The highest BCUT2D eigenvalue weighted by Crippen LogP contribution is 2.27.